The fraction of sp³-hybridized carbons (Fsp3) is 0.717. The summed E-state index contributed by atoms with van der Waals surface area (Å²) in [5.74, 6) is -0.209. The molecular weight excluding hydrogens is 876 g/mol. The number of carbonyl (C=O) groups excluding carboxylic acids is 1. The van der Waals surface area contributed by atoms with Crippen molar-refractivity contribution in [3.63, 3.8) is 0 Å². The molecule has 0 aliphatic carbocycles. The molecule has 8 nitrogen and oxygen atoms in total. The van der Waals surface area contributed by atoms with Crippen LogP contribution in [0.15, 0.2) is 97.2 Å². The number of carbonyl (C=O) groups is 1. The summed E-state index contributed by atoms with van der Waals surface area (Å²) in [6, 6.07) is -0.832. The van der Waals surface area contributed by atoms with Gasteiger partial charge in [0, 0.05) is 6.42 Å². The summed E-state index contributed by atoms with van der Waals surface area (Å²) >= 11 is 0. The number of likely N-dealkylation sites (N-methyl/N-ethyl adjacent to an activating group) is 1. The third-order valence-electron chi connectivity index (χ3n) is 12.1. The van der Waals surface area contributed by atoms with Gasteiger partial charge in [-0.05, 0) is 77.0 Å². The first-order chi connectivity index (χ1) is 33.5. The predicted octanol–water partition coefficient (Wildman–Crippen LogP) is 16.4. The van der Waals surface area contributed by atoms with Crippen LogP contribution in [-0.2, 0) is 18.4 Å². The number of unbranched alkanes of at least 4 members (excludes halogenated alkanes) is 21. The monoisotopic (exact) mass is 983 g/mol. The molecule has 0 radical (unpaired) electrons. The molecule has 0 aromatic rings. The highest BCUT2D eigenvalue weighted by Gasteiger charge is 2.24. The van der Waals surface area contributed by atoms with Crippen molar-refractivity contribution >= 4 is 13.7 Å². The first-order valence-electron chi connectivity index (χ1n) is 28.1. The molecule has 0 saturated heterocycles. The zero-order chi connectivity index (χ0) is 50.6. The van der Waals surface area contributed by atoms with E-state index < -0.39 is 20.0 Å². The second-order valence-corrected chi connectivity index (χ2v) is 21.3. The first-order valence-corrected chi connectivity index (χ1v) is 29.5. The van der Waals surface area contributed by atoms with Crippen molar-refractivity contribution in [2.75, 3.05) is 40.9 Å². The maximum absolute atomic E-state index is 13.0. The third-order valence-corrected chi connectivity index (χ3v) is 13.1. The van der Waals surface area contributed by atoms with E-state index in [4.69, 9.17) is 9.05 Å². The van der Waals surface area contributed by atoms with Crippen molar-refractivity contribution in [2.24, 2.45) is 0 Å². The zero-order valence-corrected chi connectivity index (χ0v) is 46.1. The number of amides is 1. The van der Waals surface area contributed by atoms with Crippen LogP contribution in [0.4, 0.5) is 0 Å². The quantitative estimate of drug-likeness (QED) is 0.0272. The fourth-order valence-corrected chi connectivity index (χ4v) is 8.43. The third kappa shape index (κ3) is 53.1. The molecule has 69 heavy (non-hydrogen) atoms. The van der Waals surface area contributed by atoms with Gasteiger partial charge in [-0.25, -0.2) is 0 Å². The number of allylic oxidation sites excluding steroid dienone is 16. The number of nitrogens with one attached hydrogen (secondary N) is 1. The van der Waals surface area contributed by atoms with E-state index >= 15 is 0 Å². The Morgan fingerprint density at radius 2 is 0.884 bits per heavy atom. The molecular formula is C60H107N2O6P. The van der Waals surface area contributed by atoms with Gasteiger partial charge in [0.25, 0.3) is 7.82 Å². The minimum absolute atomic E-state index is 0.00167. The predicted molar refractivity (Wildman–Crippen MR) is 297 cm³/mol. The van der Waals surface area contributed by atoms with E-state index in [9.17, 15) is 19.4 Å². The summed E-state index contributed by atoms with van der Waals surface area (Å²) < 4.78 is 23.4. The highest BCUT2D eigenvalue weighted by molar-refractivity contribution is 7.45. The summed E-state index contributed by atoms with van der Waals surface area (Å²) in [7, 11) is 1.26. The Balaban J connectivity index is 4.33. The smallest absolute Gasteiger partial charge is 0.268 e. The highest BCUT2D eigenvalue weighted by atomic mass is 31.2. The van der Waals surface area contributed by atoms with E-state index in [0.717, 1.165) is 83.5 Å². The Morgan fingerprint density at radius 3 is 1.26 bits per heavy atom. The lowest BCUT2D eigenvalue weighted by Gasteiger charge is -2.30. The van der Waals surface area contributed by atoms with Crippen LogP contribution in [0, 0.1) is 0 Å². The average molecular weight is 983 g/mol. The molecule has 398 valence electrons. The fourth-order valence-electron chi connectivity index (χ4n) is 7.70. The summed E-state index contributed by atoms with van der Waals surface area (Å²) in [6.07, 6.45) is 71.5. The van der Waals surface area contributed by atoms with Crippen LogP contribution in [0.25, 0.3) is 0 Å². The van der Waals surface area contributed by atoms with Crippen molar-refractivity contribution in [3.8, 4) is 0 Å². The number of quaternary nitrogens is 1. The van der Waals surface area contributed by atoms with Crippen LogP contribution in [0.5, 0.6) is 0 Å². The standard InChI is InChI=1S/C60H107N2O6P/c1-6-8-10-12-14-16-18-20-22-24-26-28-29-30-31-32-33-34-36-38-40-42-44-46-48-50-52-54-60(64)61-58(57-68-69(65,66)67-56-55-62(3,4)5)59(63)53-51-49-47-45-43-41-39-37-35-27-25-23-21-19-17-15-13-11-9-7-2/h8,10,14,16,20,22,26,28,30-31,33-34,38,40,44,46,58-59,63H,6-7,9,11-13,15,17-19,21,23-25,27,29,32,35-37,39,41-43,45,47-57H2,1-5H3,(H-,61,64,65,66)/b10-8-,16-14-,22-20-,28-26-,31-30-,34-33-,40-38-,46-44-. The van der Waals surface area contributed by atoms with E-state index in [1.165, 1.54) is 109 Å². The maximum Gasteiger partial charge on any atom is 0.268 e. The Bertz CT molecular complexity index is 1440. The number of aliphatic hydroxyl groups is 1. The van der Waals surface area contributed by atoms with Crippen LogP contribution in [-0.4, -0.2) is 68.5 Å². The Labute approximate surface area is 426 Å². The van der Waals surface area contributed by atoms with Gasteiger partial charge in [0.1, 0.15) is 13.2 Å². The number of hydrogen-bond donors (Lipinski definition) is 2. The molecule has 0 aromatic carbocycles. The second-order valence-electron chi connectivity index (χ2n) is 19.9. The summed E-state index contributed by atoms with van der Waals surface area (Å²) in [5, 5.41) is 14.0. The number of hydrogen-bond acceptors (Lipinski definition) is 6. The van der Waals surface area contributed by atoms with Gasteiger partial charge in [-0.3, -0.25) is 9.36 Å². The molecule has 0 heterocycles. The highest BCUT2D eigenvalue weighted by Crippen LogP contribution is 2.38. The summed E-state index contributed by atoms with van der Waals surface area (Å²) in [4.78, 5) is 25.5. The van der Waals surface area contributed by atoms with Gasteiger partial charge in [-0.2, -0.15) is 0 Å². The molecule has 1 amide bonds. The van der Waals surface area contributed by atoms with Crippen LogP contribution < -0.4 is 10.2 Å². The molecule has 3 atom stereocenters. The number of phosphoric acid groups is 1. The van der Waals surface area contributed by atoms with Crippen LogP contribution >= 0.6 is 7.82 Å². The van der Waals surface area contributed by atoms with Crippen molar-refractivity contribution in [1.82, 2.24) is 5.32 Å². The zero-order valence-electron chi connectivity index (χ0n) is 45.2. The molecule has 0 bridgehead atoms. The van der Waals surface area contributed by atoms with Gasteiger partial charge in [0.15, 0.2) is 0 Å². The lowest BCUT2D eigenvalue weighted by molar-refractivity contribution is -0.870. The van der Waals surface area contributed by atoms with Crippen LogP contribution in [0.1, 0.15) is 226 Å². The van der Waals surface area contributed by atoms with E-state index in [1.807, 2.05) is 21.1 Å². The van der Waals surface area contributed by atoms with Crippen molar-refractivity contribution < 1.29 is 32.9 Å². The molecule has 3 unspecified atom stereocenters. The topological polar surface area (TPSA) is 108 Å². The van der Waals surface area contributed by atoms with Gasteiger partial charge < -0.3 is 28.8 Å². The average Bonchev–Trinajstić information content (AvgIpc) is 3.31. The molecule has 9 heteroatoms. The minimum atomic E-state index is -4.59. The van der Waals surface area contributed by atoms with Gasteiger partial charge >= 0.3 is 0 Å². The molecule has 0 fully saturated rings. The lowest BCUT2D eigenvalue weighted by Crippen LogP contribution is -2.46. The number of rotatable bonds is 50. The lowest BCUT2D eigenvalue weighted by atomic mass is 10.0. The molecule has 2 N–H and O–H groups in total. The summed E-state index contributed by atoms with van der Waals surface area (Å²) in [6.45, 7) is 4.58. The Kier molecular flexibility index (Phi) is 48.5. The van der Waals surface area contributed by atoms with E-state index in [2.05, 4.69) is 116 Å². The maximum atomic E-state index is 13.0. The number of nitrogens with zero attached hydrogens (tertiary/aromatic N) is 1. The minimum Gasteiger partial charge on any atom is -0.756 e. The number of aliphatic hydroxyl groups excluding tert-OH is 1. The molecule has 0 saturated carbocycles. The van der Waals surface area contributed by atoms with E-state index in [-0.39, 0.29) is 19.1 Å². The van der Waals surface area contributed by atoms with Crippen LogP contribution in [0.3, 0.4) is 0 Å². The molecule has 0 aromatic heterocycles. The van der Waals surface area contributed by atoms with Gasteiger partial charge in [0.2, 0.25) is 5.91 Å². The first kappa shape index (κ1) is 66.4. The van der Waals surface area contributed by atoms with Crippen molar-refractivity contribution in [2.45, 2.75) is 238 Å². The normalized spacial score (nSPS) is 14.7. The summed E-state index contributed by atoms with van der Waals surface area (Å²) in [5.41, 5.74) is 0. The molecule has 0 aliphatic rings. The largest absolute Gasteiger partial charge is 0.756 e. The van der Waals surface area contributed by atoms with Gasteiger partial charge in [-0.1, -0.05) is 239 Å². The number of phosphoric ester groups is 1. The van der Waals surface area contributed by atoms with E-state index in [1.54, 1.807) is 0 Å². The van der Waals surface area contributed by atoms with Gasteiger partial charge in [-0.15, -0.1) is 0 Å². The Morgan fingerprint density at radius 1 is 0.522 bits per heavy atom. The van der Waals surface area contributed by atoms with Crippen LogP contribution in [0.2, 0.25) is 0 Å². The molecule has 0 aliphatic heterocycles. The molecule has 0 rings (SSSR count). The van der Waals surface area contributed by atoms with Gasteiger partial charge in [0.05, 0.1) is 39.9 Å². The molecule has 0 spiro atoms. The Hall–Kier alpha value is -2.58. The van der Waals surface area contributed by atoms with Crippen molar-refractivity contribution in [1.29, 1.82) is 0 Å². The SMILES string of the molecule is CC/C=C\C/C=C\C/C=C\C/C=C\C/C=C\C/C=C\C/C=C\C/C=C\CCCCC(=O)NC(COP(=O)([O-])OCC[N+](C)(C)C)C(O)CCCCCCCCCCCCCCCCCCCCCC. The van der Waals surface area contributed by atoms with Crippen molar-refractivity contribution in [3.05, 3.63) is 97.2 Å². The van der Waals surface area contributed by atoms with E-state index in [0.29, 0.717) is 30.3 Å². The second kappa shape index (κ2) is 50.4.